The second-order valence-corrected chi connectivity index (χ2v) is 5.62. The van der Waals surface area contributed by atoms with Gasteiger partial charge in [0.25, 0.3) is 0 Å². The molecule has 1 aromatic rings. The van der Waals surface area contributed by atoms with Crippen LogP contribution in [0.4, 0.5) is 18.9 Å². The molecule has 0 aromatic heterocycles. The van der Waals surface area contributed by atoms with Gasteiger partial charge in [-0.1, -0.05) is 13.3 Å². The van der Waals surface area contributed by atoms with E-state index in [1.165, 1.54) is 12.5 Å². The molecule has 0 aliphatic heterocycles. The van der Waals surface area contributed by atoms with Crippen LogP contribution in [0.2, 0.25) is 0 Å². The Morgan fingerprint density at radius 1 is 1.38 bits per heavy atom. The third-order valence-electron chi connectivity index (χ3n) is 4.39. The standard InChI is InChI=1S/C15H18F3NO2/c1-2-14(6-3-7-14)9-19-10-4-5-12(15(16,17)18)11(8-10)13(20)21/h4-5,8,19H,2-3,6-7,9H2,1H3,(H,20,21). The fraction of sp³-hybridized carbons (Fsp3) is 0.533. The molecular weight excluding hydrogens is 283 g/mol. The van der Waals surface area contributed by atoms with Crippen LogP contribution in [0.25, 0.3) is 0 Å². The maximum atomic E-state index is 12.8. The van der Waals surface area contributed by atoms with Crippen molar-refractivity contribution in [3.8, 4) is 0 Å². The number of anilines is 1. The van der Waals surface area contributed by atoms with E-state index in [0.717, 1.165) is 31.4 Å². The Bertz CT molecular complexity index is 531. The molecule has 3 nitrogen and oxygen atoms in total. The first-order valence-corrected chi connectivity index (χ1v) is 6.96. The van der Waals surface area contributed by atoms with Gasteiger partial charge in [0.1, 0.15) is 0 Å². The molecule has 21 heavy (non-hydrogen) atoms. The quantitative estimate of drug-likeness (QED) is 0.847. The zero-order valence-corrected chi connectivity index (χ0v) is 11.8. The van der Waals surface area contributed by atoms with Crippen LogP contribution in [0, 0.1) is 5.41 Å². The van der Waals surface area contributed by atoms with Crippen molar-refractivity contribution < 1.29 is 23.1 Å². The van der Waals surface area contributed by atoms with Gasteiger partial charge in [-0.2, -0.15) is 13.2 Å². The van der Waals surface area contributed by atoms with Crippen molar-refractivity contribution in [2.75, 3.05) is 11.9 Å². The molecule has 6 heteroatoms. The fourth-order valence-electron chi connectivity index (χ4n) is 2.70. The molecule has 1 aromatic carbocycles. The van der Waals surface area contributed by atoms with Gasteiger partial charge in [-0.3, -0.25) is 0 Å². The van der Waals surface area contributed by atoms with Crippen LogP contribution in [-0.2, 0) is 6.18 Å². The molecule has 2 N–H and O–H groups in total. The summed E-state index contributed by atoms with van der Waals surface area (Å²) in [7, 11) is 0. The number of nitrogens with one attached hydrogen (secondary N) is 1. The van der Waals surface area contributed by atoms with Crippen LogP contribution >= 0.6 is 0 Å². The van der Waals surface area contributed by atoms with Crippen LogP contribution in [0.15, 0.2) is 18.2 Å². The number of benzene rings is 1. The Kier molecular flexibility index (Phi) is 4.16. The molecule has 116 valence electrons. The lowest BCUT2D eigenvalue weighted by atomic mass is 9.67. The lowest BCUT2D eigenvalue weighted by molar-refractivity contribution is -0.138. The summed E-state index contributed by atoms with van der Waals surface area (Å²) in [5, 5.41) is 12.0. The van der Waals surface area contributed by atoms with E-state index >= 15 is 0 Å². The molecule has 1 aliphatic rings. The van der Waals surface area contributed by atoms with Gasteiger partial charge in [0.05, 0.1) is 11.1 Å². The number of alkyl halides is 3. The van der Waals surface area contributed by atoms with Gasteiger partial charge in [0.2, 0.25) is 0 Å². The average Bonchev–Trinajstić information content (AvgIpc) is 2.36. The van der Waals surface area contributed by atoms with E-state index in [9.17, 15) is 18.0 Å². The normalized spacial score (nSPS) is 17.1. The van der Waals surface area contributed by atoms with Gasteiger partial charge in [0.15, 0.2) is 0 Å². The summed E-state index contributed by atoms with van der Waals surface area (Å²) in [4.78, 5) is 11.0. The summed E-state index contributed by atoms with van der Waals surface area (Å²) in [6.45, 7) is 2.75. The smallest absolute Gasteiger partial charge is 0.417 e. The highest BCUT2D eigenvalue weighted by atomic mass is 19.4. The molecule has 0 spiro atoms. The number of hydrogen-bond donors (Lipinski definition) is 2. The number of carbonyl (C=O) groups is 1. The van der Waals surface area contributed by atoms with E-state index in [4.69, 9.17) is 5.11 Å². The maximum absolute atomic E-state index is 12.8. The monoisotopic (exact) mass is 301 g/mol. The minimum absolute atomic E-state index is 0.200. The van der Waals surface area contributed by atoms with Gasteiger partial charge in [-0.05, 0) is 42.9 Å². The minimum Gasteiger partial charge on any atom is -0.478 e. The zero-order chi connectivity index (χ0) is 15.7. The highest BCUT2D eigenvalue weighted by Gasteiger charge is 2.36. The number of aromatic carboxylic acids is 1. The Hall–Kier alpha value is -1.72. The van der Waals surface area contributed by atoms with Crippen LogP contribution in [-0.4, -0.2) is 17.6 Å². The summed E-state index contributed by atoms with van der Waals surface area (Å²) in [5.74, 6) is -1.57. The minimum atomic E-state index is -4.66. The molecule has 1 aliphatic carbocycles. The molecule has 0 saturated heterocycles. The van der Waals surface area contributed by atoms with Gasteiger partial charge in [-0.25, -0.2) is 4.79 Å². The number of carboxylic acids is 1. The summed E-state index contributed by atoms with van der Waals surface area (Å²) in [6, 6.07) is 3.18. The Morgan fingerprint density at radius 2 is 2.05 bits per heavy atom. The summed E-state index contributed by atoms with van der Waals surface area (Å²) >= 11 is 0. The van der Waals surface area contributed by atoms with E-state index in [1.54, 1.807) is 0 Å². The SMILES string of the molecule is CCC1(CNc2ccc(C(F)(F)F)c(C(=O)O)c2)CCC1. The Labute approximate surface area is 121 Å². The third kappa shape index (κ3) is 3.31. The molecular formula is C15H18F3NO2. The molecule has 0 radical (unpaired) electrons. The number of rotatable bonds is 5. The first kappa shape index (κ1) is 15.7. The van der Waals surface area contributed by atoms with Crippen molar-refractivity contribution >= 4 is 11.7 Å². The maximum Gasteiger partial charge on any atom is 0.417 e. The van der Waals surface area contributed by atoms with E-state index in [0.29, 0.717) is 12.2 Å². The molecule has 0 amide bonds. The van der Waals surface area contributed by atoms with E-state index in [1.807, 2.05) is 0 Å². The molecule has 1 fully saturated rings. The molecule has 0 unspecified atom stereocenters. The molecule has 0 bridgehead atoms. The van der Waals surface area contributed by atoms with E-state index in [2.05, 4.69) is 12.2 Å². The van der Waals surface area contributed by atoms with Crippen molar-refractivity contribution in [3.63, 3.8) is 0 Å². The van der Waals surface area contributed by atoms with Crippen LogP contribution < -0.4 is 5.32 Å². The molecule has 1 saturated carbocycles. The average molecular weight is 301 g/mol. The van der Waals surface area contributed by atoms with Crippen molar-refractivity contribution in [2.24, 2.45) is 5.41 Å². The predicted molar refractivity (Wildman–Crippen MR) is 73.5 cm³/mol. The molecule has 0 heterocycles. The predicted octanol–water partition coefficient (Wildman–Crippen LogP) is 4.40. The first-order valence-electron chi connectivity index (χ1n) is 6.96. The van der Waals surface area contributed by atoms with Gasteiger partial charge < -0.3 is 10.4 Å². The van der Waals surface area contributed by atoms with Crippen LogP contribution in [0.3, 0.4) is 0 Å². The summed E-state index contributed by atoms with van der Waals surface area (Å²) in [5.41, 5.74) is -1.22. The topological polar surface area (TPSA) is 49.3 Å². The molecule has 0 atom stereocenters. The van der Waals surface area contributed by atoms with Gasteiger partial charge in [-0.15, -0.1) is 0 Å². The van der Waals surface area contributed by atoms with Crippen LogP contribution in [0.1, 0.15) is 48.5 Å². The number of carboxylic acid groups (broad SMARTS) is 1. The van der Waals surface area contributed by atoms with E-state index in [-0.39, 0.29) is 5.41 Å². The van der Waals surface area contributed by atoms with Crippen molar-refractivity contribution in [3.05, 3.63) is 29.3 Å². The second kappa shape index (κ2) is 5.58. The Morgan fingerprint density at radius 3 is 2.48 bits per heavy atom. The number of halogens is 3. The highest BCUT2D eigenvalue weighted by molar-refractivity contribution is 5.91. The van der Waals surface area contributed by atoms with Crippen molar-refractivity contribution in [2.45, 2.75) is 38.8 Å². The molecule has 2 rings (SSSR count). The lowest BCUT2D eigenvalue weighted by Gasteiger charge is -2.41. The van der Waals surface area contributed by atoms with Gasteiger partial charge >= 0.3 is 12.1 Å². The summed E-state index contributed by atoms with van der Waals surface area (Å²) in [6.07, 6.45) is -0.286. The second-order valence-electron chi connectivity index (χ2n) is 5.62. The highest BCUT2D eigenvalue weighted by Crippen LogP contribution is 2.43. The van der Waals surface area contributed by atoms with Gasteiger partial charge in [0, 0.05) is 12.2 Å². The Balaban J connectivity index is 2.18. The van der Waals surface area contributed by atoms with E-state index < -0.39 is 23.3 Å². The van der Waals surface area contributed by atoms with Crippen molar-refractivity contribution in [1.82, 2.24) is 0 Å². The van der Waals surface area contributed by atoms with Crippen LogP contribution in [0.5, 0.6) is 0 Å². The lowest BCUT2D eigenvalue weighted by Crippen LogP contribution is -2.35. The third-order valence-corrected chi connectivity index (χ3v) is 4.39. The first-order chi connectivity index (χ1) is 9.77. The fourth-order valence-corrected chi connectivity index (χ4v) is 2.70. The zero-order valence-electron chi connectivity index (χ0n) is 11.8. The number of hydrogen-bond acceptors (Lipinski definition) is 2. The van der Waals surface area contributed by atoms with Crippen molar-refractivity contribution in [1.29, 1.82) is 0 Å². The largest absolute Gasteiger partial charge is 0.478 e. The summed E-state index contributed by atoms with van der Waals surface area (Å²) < 4.78 is 38.3.